The molecule has 2 aromatic rings. The van der Waals surface area contributed by atoms with Crippen LogP contribution in [0.25, 0.3) is 0 Å². The molecular weight excluding hydrogens is 282 g/mol. The zero-order valence-corrected chi connectivity index (χ0v) is 11.5. The highest BCUT2D eigenvalue weighted by atomic mass is 35.5. The summed E-state index contributed by atoms with van der Waals surface area (Å²) in [4.78, 5) is 5.17. The van der Waals surface area contributed by atoms with E-state index in [1.165, 1.54) is 0 Å². The number of nitrogens with zero attached hydrogens (tertiary/aromatic N) is 2. The fraction of sp³-hybridized carbons (Fsp3) is 0.0769. The van der Waals surface area contributed by atoms with Crippen LogP contribution in [0.3, 0.4) is 0 Å². The first-order valence-electron chi connectivity index (χ1n) is 5.50. The van der Waals surface area contributed by atoms with Crippen LogP contribution in [-0.4, -0.2) is 16.0 Å². The lowest BCUT2D eigenvalue weighted by atomic mass is 10.2. The quantitative estimate of drug-likeness (QED) is 0.299. The third-order valence-corrected chi connectivity index (χ3v) is 3.75. The summed E-state index contributed by atoms with van der Waals surface area (Å²) in [6.07, 6.45) is 1.64. The minimum absolute atomic E-state index is 0.0124. The number of rotatable bonds is 4. The van der Waals surface area contributed by atoms with Crippen LogP contribution in [0.5, 0.6) is 0 Å². The molecule has 6 heteroatoms. The fourth-order valence-corrected chi connectivity index (χ4v) is 2.42. The molecular formula is C13H12ClN3OS. The molecule has 2 rings (SSSR count). The van der Waals surface area contributed by atoms with Crippen molar-refractivity contribution >= 4 is 29.2 Å². The zero-order chi connectivity index (χ0) is 13.7. The number of pyridine rings is 1. The van der Waals surface area contributed by atoms with Crippen molar-refractivity contribution in [3.05, 3.63) is 58.9 Å². The van der Waals surface area contributed by atoms with Crippen LogP contribution in [0.2, 0.25) is 5.02 Å². The van der Waals surface area contributed by atoms with Crippen LogP contribution in [0.15, 0.2) is 52.6 Å². The Balaban J connectivity index is 2.05. The fourth-order valence-electron chi connectivity index (χ4n) is 1.45. The second kappa shape index (κ2) is 6.45. The van der Waals surface area contributed by atoms with E-state index in [4.69, 9.17) is 22.5 Å². The molecule has 0 amide bonds. The summed E-state index contributed by atoms with van der Waals surface area (Å²) < 4.78 is 0. The van der Waals surface area contributed by atoms with Gasteiger partial charge in [-0.1, -0.05) is 16.8 Å². The molecule has 98 valence electrons. The lowest BCUT2D eigenvalue weighted by Crippen LogP contribution is -2.15. The van der Waals surface area contributed by atoms with E-state index in [0.717, 1.165) is 21.2 Å². The highest BCUT2D eigenvalue weighted by Crippen LogP contribution is 2.24. The lowest BCUT2D eigenvalue weighted by Gasteiger charge is -2.04. The number of oxime groups is 1. The van der Waals surface area contributed by atoms with E-state index < -0.39 is 0 Å². The van der Waals surface area contributed by atoms with Crippen LogP contribution < -0.4 is 5.73 Å². The summed E-state index contributed by atoms with van der Waals surface area (Å²) in [5.74, 6) is 0.786. The van der Waals surface area contributed by atoms with Crippen molar-refractivity contribution in [2.75, 3.05) is 0 Å². The summed E-state index contributed by atoms with van der Waals surface area (Å²) in [6.45, 7) is 0. The molecule has 1 aromatic carbocycles. The summed E-state index contributed by atoms with van der Waals surface area (Å²) in [6, 6.07) is 11.4. The Morgan fingerprint density at radius 2 is 2.05 bits per heavy atom. The molecule has 1 heterocycles. The molecule has 0 saturated carbocycles. The van der Waals surface area contributed by atoms with E-state index in [1.54, 1.807) is 24.0 Å². The molecule has 19 heavy (non-hydrogen) atoms. The van der Waals surface area contributed by atoms with Gasteiger partial charge in [0.1, 0.15) is 5.69 Å². The number of aromatic nitrogens is 1. The largest absolute Gasteiger partial charge is 0.409 e. The van der Waals surface area contributed by atoms with Crippen molar-refractivity contribution in [1.29, 1.82) is 0 Å². The molecule has 0 radical (unpaired) electrons. The van der Waals surface area contributed by atoms with Crippen molar-refractivity contribution in [2.24, 2.45) is 10.9 Å². The number of halogens is 1. The third kappa shape index (κ3) is 3.87. The van der Waals surface area contributed by atoms with Gasteiger partial charge in [0.15, 0.2) is 5.84 Å². The van der Waals surface area contributed by atoms with E-state index >= 15 is 0 Å². The van der Waals surface area contributed by atoms with E-state index in [-0.39, 0.29) is 5.84 Å². The van der Waals surface area contributed by atoms with Crippen molar-refractivity contribution in [2.45, 2.75) is 10.6 Å². The van der Waals surface area contributed by atoms with E-state index in [2.05, 4.69) is 10.1 Å². The molecule has 0 fully saturated rings. The predicted molar refractivity (Wildman–Crippen MR) is 77.8 cm³/mol. The maximum Gasteiger partial charge on any atom is 0.188 e. The predicted octanol–water partition coefficient (Wildman–Crippen LogP) is 3.12. The van der Waals surface area contributed by atoms with Crippen molar-refractivity contribution in [1.82, 2.24) is 4.98 Å². The number of amidine groups is 1. The van der Waals surface area contributed by atoms with Gasteiger partial charge in [0.25, 0.3) is 0 Å². The number of hydrogen-bond donors (Lipinski definition) is 2. The average molecular weight is 294 g/mol. The summed E-state index contributed by atoms with van der Waals surface area (Å²) in [7, 11) is 0. The Kier molecular flexibility index (Phi) is 4.65. The first-order chi connectivity index (χ1) is 9.19. The Morgan fingerprint density at radius 3 is 2.74 bits per heavy atom. The second-order valence-electron chi connectivity index (χ2n) is 3.78. The SMILES string of the molecule is NC(=NO)c1cc(CSc2ccc(Cl)cc2)ccn1. The summed E-state index contributed by atoms with van der Waals surface area (Å²) >= 11 is 7.51. The molecule has 0 aliphatic rings. The van der Waals surface area contributed by atoms with Gasteiger partial charge in [-0.15, -0.1) is 11.8 Å². The van der Waals surface area contributed by atoms with Crippen LogP contribution in [0.4, 0.5) is 0 Å². The monoisotopic (exact) mass is 293 g/mol. The maximum atomic E-state index is 8.62. The van der Waals surface area contributed by atoms with Crippen molar-refractivity contribution in [3.8, 4) is 0 Å². The summed E-state index contributed by atoms with van der Waals surface area (Å²) in [5, 5.41) is 12.3. The highest BCUT2D eigenvalue weighted by Gasteiger charge is 2.03. The molecule has 0 aliphatic carbocycles. The van der Waals surface area contributed by atoms with E-state index in [0.29, 0.717) is 5.69 Å². The molecule has 0 spiro atoms. The van der Waals surface area contributed by atoms with Crippen molar-refractivity contribution < 1.29 is 5.21 Å². The first kappa shape index (κ1) is 13.7. The standard InChI is InChI=1S/C13H12ClN3OS/c14-10-1-3-11(4-2-10)19-8-9-5-6-16-12(7-9)13(15)17-18/h1-7,18H,8H2,(H2,15,17). The Hall–Kier alpha value is -1.72. The van der Waals surface area contributed by atoms with Gasteiger partial charge >= 0.3 is 0 Å². The minimum atomic E-state index is 0.0124. The van der Waals surface area contributed by atoms with Crippen LogP contribution in [0, 0.1) is 0 Å². The lowest BCUT2D eigenvalue weighted by molar-refractivity contribution is 0.318. The van der Waals surface area contributed by atoms with Crippen LogP contribution in [0.1, 0.15) is 11.3 Å². The van der Waals surface area contributed by atoms with Crippen LogP contribution in [-0.2, 0) is 5.75 Å². The molecule has 0 aliphatic heterocycles. The Morgan fingerprint density at radius 1 is 1.32 bits per heavy atom. The molecule has 0 bridgehead atoms. The Labute approximate surface area is 120 Å². The highest BCUT2D eigenvalue weighted by molar-refractivity contribution is 7.98. The topological polar surface area (TPSA) is 71.5 Å². The normalized spacial score (nSPS) is 11.5. The number of nitrogens with two attached hydrogens (primary N) is 1. The van der Waals surface area contributed by atoms with Gasteiger partial charge in [-0.05, 0) is 42.0 Å². The molecule has 4 nitrogen and oxygen atoms in total. The molecule has 3 N–H and O–H groups in total. The van der Waals surface area contributed by atoms with Gasteiger partial charge in [0.05, 0.1) is 0 Å². The van der Waals surface area contributed by atoms with E-state index in [9.17, 15) is 0 Å². The minimum Gasteiger partial charge on any atom is -0.409 e. The smallest absolute Gasteiger partial charge is 0.188 e. The second-order valence-corrected chi connectivity index (χ2v) is 5.26. The van der Waals surface area contributed by atoms with Gasteiger partial charge in [-0.3, -0.25) is 4.98 Å². The van der Waals surface area contributed by atoms with Gasteiger partial charge < -0.3 is 10.9 Å². The molecule has 1 aromatic heterocycles. The summed E-state index contributed by atoms with van der Waals surface area (Å²) in [5.41, 5.74) is 7.02. The molecule has 0 saturated heterocycles. The van der Waals surface area contributed by atoms with Gasteiger partial charge in [0.2, 0.25) is 0 Å². The Bertz CT molecular complexity index is 587. The van der Waals surface area contributed by atoms with Crippen molar-refractivity contribution in [3.63, 3.8) is 0 Å². The van der Waals surface area contributed by atoms with Gasteiger partial charge in [0, 0.05) is 21.9 Å². The third-order valence-electron chi connectivity index (χ3n) is 2.41. The number of hydrogen-bond acceptors (Lipinski definition) is 4. The molecule has 0 unspecified atom stereocenters. The first-order valence-corrected chi connectivity index (χ1v) is 6.86. The zero-order valence-electron chi connectivity index (χ0n) is 9.95. The van der Waals surface area contributed by atoms with Crippen LogP contribution >= 0.6 is 23.4 Å². The average Bonchev–Trinajstić information content (AvgIpc) is 2.46. The maximum absolute atomic E-state index is 8.62. The van der Waals surface area contributed by atoms with Gasteiger partial charge in [-0.2, -0.15) is 0 Å². The van der Waals surface area contributed by atoms with Gasteiger partial charge in [-0.25, -0.2) is 0 Å². The number of benzene rings is 1. The number of thioether (sulfide) groups is 1. The van der Waals surface area contributed by atoms with E-state index in [1.807, 2.05) is 30.3 Å². The molecule has 0 atom stereocenters.